The molecular formula is C18H17F3N2O3S. The van der Waals surface area contributed by atoms with E-state index in [0.717, 1.165) is 22.3 Å². The molecule has 1 aromatic carbocycles. The highest BCUT2D eigenvalue weighted by molar-refractivity contribution is 7.22. The van der Waals surface area contributed by atoms with Gasteiger partial charge in [0, 0.05) is 12.0 Å². The monoisotopic (exact) mass is 398 g/mol. The second-order valence-corrected chi connectivity index (χ2v) is 8.81. The molecule has 2 amide bonds. The molecule has 2 bridgehead atoms. The number of hydrogen-bond donors (Lipinski definition) is 0. The predicted octanol–water partition coefficient (Wildman–Crippen LogP) is 4.51. The van der Waals surface area contributed by atoms with Crippen molar-refractivity contribution in [3.05, 3.63) is 18.2 Å². The molecule has 2 aliphatic rings. The van der Waals surface area contributed by atoms with E-state index in [-0.39, 0.29) is 28.6 Å². The number of rotatable bonds is 2. The molecule has 0 unspecified atom stereocenters. The zero-order valence-corrected chi connectivity index (χ0v) is 15.7. The number of benzene rings is 1. The topological polar surface area (TPSA) is 59.5 Å². The lowest BCUT2D eigenvalue weighted by Gasteiger charge is -2.46. The van der Waals surface area contributed by atoms with E-state index in [9.17, 15) is 22.8 Å². The fraction of sp³-hybridized carbons (Fsp3) is 0.500. The number of carbonyl (C=O) groups excluding carboxylic acids is 2. The molecule has 2 atom stereocenters. The van der Waals surface area contributed by atoms with Gasteiger partial charge < -0.3 is 4.74 Å². The fourth-order valence-electron chi connectivity index (χ4n) is 4.18. The summed E-state index contributed by atoms with van der Waals surface area (Å²) in [6.45, 7) is 5.76. The number of hydrogen-bond acceptors (Lipinski definition) is 5. The molecule has 0 spiro atoms. The molecule has 0 radical (unpaired) electrons. The third-order valence-electron chi connectivity index (χ3n) is 6.19. The average molecular weight is 398 g/mol. The third-order valence-corrected chi connectivity index (χ3v) is 7.20. The number of anilines is 1. The van der Waals surface area contributed by atoms with Crippen LogP contribution in [0.1, 0.15) is 33.6 Å². The molecule has 1 aromatic heterocycles. The Kier molecular flexibility index (Phi) is 3.67. The van der Waals surface area contributed by atoms with E-state index in [1.54, 1.807) is 0 Å². The SMILES string of the molecule is CC1(C)[C@@H]2CC[C@]1(C)C(=O)N(c1nc3ccc(OC(F)(F)F)cc3s1)C2=O. The van der Waals surface area contributed by atoms with E-state index >= 15 is 0 Å². The lowest BCUT2D eigenvalue weighted by molar-refractivity contribution is -0.274. The molecule has 9 heteroatoms. The lowest BCUT2D eigenvalue weighted by atomic mass is 9.62. The van der Waals surface area contributed by atoms with E-state index in [1.165, 1.54) is 12.1 Å². The minimum atomic E-state index is -4.79. The second kappa shape index (κ2) is 5.43. The molecule has 0 N–H and O–H groups in total. The van der Waals surface area contributed by atoms with Gasteiger partial charge in [-0.3, -0.25) is 9.59 Å². The zero-order chi connectivity index (χ0) is 19.8. The maximum Gasteiger partial charge on any atom is 0.573 e. The van der Waals surface area contributed by atoms with Crippen LogP contribution in [0.4, 0.5) is 18.3 Å². The van der Waals surface area contributed by atoms with Gasteiger partial charge in [0.1, 0.15) is 5.75 Å². The van der Waals surface area contributed by atoms with Crippen LogP contribution >= 0.6 is 11.3 Å². The third kappa shape index (κ3) is 2.55. The quantitative estimate of drug-likeness (QED) is 0.699. The van der Waals surface area contributed by atoms with E-state index in [2.05, 4.69) is 9.72 Å². The van der Waals surface area contributed by atoms with Gasteiger partial charge in [0.15, 0.2) is 5.13 Å². The maximum absolute atomic E-state index is 13.2. The predicted molar refractivity (Wildman–Crippen MR) is 93.4 cm³/mol. The van der Waals surface area contributed by atoms with Gasteiger partial charge in [0.25, 0.3) is 0 Å². The van der Waals surface area contributed by atoms with Gasteiger partial charge in [0.05, 0.1) is 15.6 Å². The Balaban J connectivity index is 1.74. The van der Waals surface area contributed by atoms with Crippen molar-refractivity contribution < 1.29 is 27.5 Å². The van der Waals surface area contributed by atoms with Crippen LogP contribution < -0.4 is 9.64 Å². The van der Waals surface area contributed by atoms with Crippen molar-refractivity contribution in [1.82, 2.24) is 4.98 Å². The molecule has 2 heterocycles. The van der Waals surface area contributed by atoms with Crippen molar-refractivity contribution in [2.75, 3.05) is 4.90 Å². The highest BCUT2D eigenvalue weighted by atomic mass is 32.1. The molecule has 1 saturated carbocycles. The van der Waals surface area contributed by atoms with Crippen LogP contribution in [0.15, 0.2) is 18.2 Å². The normalized spacial score (nSPS) is 27.5. The van der Waals surface area contributed by atoms with Crippen molar-refractivity contribution in [3.8, 4) is 5.75 Å². The number of ether oxygens (including phenoxy) is 1. The van der Waals surface area contributed by atoms with Crippen molar-refractivity contribution in [2.24, 2.45) is 16.7 Å². The number of carbonyl (C=O) groups is 2. The summed E-state index contributed by atoms with van der Waals surface area (Å²) in [5.74, 6) is -1.23. The first-order chi connectivity index (χ1) is 12.4. The molecule has 27 heavy (non-hydrogen) atoms. The average Bonchev–Trinajstić information content (AvgIpc) is 3.01. The van der Waals surface area contributed by atoms with Crippen molar-refractivity contribution >= 4 is 38.5 Å². The Morgan fingerprint density at radius 2 is 1.96 bits per heavy atom. The van der Waals surface area contributed by atoms with E-state index in [1.807, 2.05) is 20.8 Å². The van der Waals surface area contributed by atoms with Crippen LogP contribution in [0.2, 0.25) is 0 Å². The van der Waals surface area contributed by atoms with Crippen LogP contribution in [0.5, 0.6) is 5.75 Å². The summed E-state index contributed by atoms with van der Waals surface area (Å²) < 4.78 is 41.6. The molecule has 4 rings (SSSR count). The van der Waals surface area contributed by atoms with E-state index in [0.29, 0.717) is 23.1 Å². The van der Waals surface area contributed by atoms with Gasteiger partial charge in [-0.2, -0.15) is 0 Å². The summed E-state index contributed by atoms with van der Waals surface area (Å²) in [4.78, 5) is 31.6. The van der Waals surface area contributed by atoms with Gasteiger partial charge in [-0.05, 0) is 30.4 Å². The number of halogens is 3. The van der Waals surface area contributed by atoms with Crippen molar-refractivity contribution in [2.45, 2.75) is 40.0 Å². The summed E-state index contributed by atoms with van der Waals surface area (Å²) in [5.41, 5.74) is -0.705. The molecule has 2 aromatic rings. The Morgan fingerprint density at radius 3 is 2.63 bits per heavy atom. The molecule has 1 aliphatic carbocycles. The summed E-state index contributed by atoms with van der Waals surface area (Å²) in [6.07, 6.45) is -3.53. The van der Waals surface area contributed by atoms with Gasteiger partial charge in [-0.25, -0.2) is 9.88 Å². The molecule has 1 aliphatic heterocycles. The second-order valence-electron chi connectivity index (χ2n) is 7.80. The minimum absolute atomic E-state index is 0.192. The number of thiazole rings is 1. The number of nitrogens with zero attached hydrogens (tertiary/aromatic N) is 2. The van der Waals surface area contributed by atoms with Gasteiger partial charge in [0.2, 0.25) is 11.8 Å². The largest absolute Gasteiger partial charge is 0.573 e. The maximum atomic E-state index is 13.2. The Labute approximate surface area is 157 Å². The Hall–Kier alpha value is -2.16. The Morgan fingerprint density at radius 1 is 1.26 bits per heavy atom. The van der Waals surface area contributed by atoms with Gasteiger partial charge in [-0.1, -0.05) is 32.1 Å². The number of piperidine rings is 1. The van der Waals surface area contributed by atoms with Crippen molar-refractivity contribution in [1.29, 1.82) is 0 Å². The van der Waals surface area contributed by atoms with E-state index < -0.39 is 17.2 Å². The first kappa shape index (κ1) is 18.2. The van der Waals surface area contributed by atoms with Gasteiger partial charge in [-0.15, -0.1) is 13.2 Å². The summed E-state index contributed by atoms with van der Waals surface area (Å²) in [5, 5.41) is 0.192. The number of amides is 2. The standard InChI is InChI=1S/C18H17F3N2O3S/c1-16(2)10-6-7-17(16,3)14(25)23(13(10)24)15-22-11-5-4-9(8-12(11)27-15)26-18(19,20)21/h4-5,8,10H,6-7H2,1-3H3/t10-,17-/m1/s1. The number of imide groups is 1. The van der Waals surface area contributed by atoms with Crippen LogP contribution in [-0.4, -0.2) is 23.2 Å². The number of fused-ring (bicyclic) bond motifs is 3. The molecule has 144 valence electrons. The van der Waals surface area contributed by atoms with Crippen LogP contribution in [0, 0.1) is 16.7 Å². The summed E-state index contributed by atoms with van der Waals surface area (Å²) >= 11 is 1.01. The molecule has 5 nitrogen and oxygen atoms in total. The first-order valence-electron chi connectivity index (χ1n) is 8.49. The van der Waals surface area contributed by atoms with Crippen molar-refractivity contribution in [3.63, 3.8) is 0 Å². The van der Waals surface area contributed by atoms with E-state index in [4.69, 9.17) is 0 Å². The summed E-state index contributed by atoms with van der Waals surface area (Å²) in [6, 6.07) is 3.76. The fourth-order valence-corrected chi connectivity index (χ4v) is 5.18. The molecule has 1 saturated heterocycles. The van der Waals surface area contributed by atoms with Crippen LogP contribution in [-0.2, 0) is 9.59 Å². The molecular weight excluding hydrogens is 381 g/mol. The highest BCUT2D eigenvalue weighted by Gasteiger charge is 2.65. The van der Waals surface area contributed by atoms with Gasteiger partial charge >= 0.3 is 6.36 Å². The first-order valence-corrected chi connectivity index (χ1v) is 9.30. The lowest BCUT2D eigenvalue weighted by Crippen LogP contribution is -2.59. The minimum Gasteiger partial charge on any atom is -0.406 e. The summed E-state index contributed by atoms with van der Waals surface area (Å²) in [7, 11) is 0. The van der Waals surface area contributed by atoms with Crippen LogP contribution in [0.25, 0.3) is 10.2 Å². The Bertz CT molecular complexity index is 968. The highest BCUT2D eigenvalue weighted by Crippen LogP contribution is 2.60. The smallest absolute Gasteiger partial charge is 0.406 e. The zero-order valence-electron chi connectivity index (χ0n) is 14.9. The number of alkyl halides is 3. The molecule has 2 fully saturated rings. The van der Waals surface area contributed by atoms with Crippen LogP contribution in [0.3, 0.4) is 0 Å². The number of aromatic nitrogens is 1.